The molecular weight excluding hydrogens is 215 g/mol. The van der Waals surface area contributed by atoms with Crippen molar-refractivity contribution >= 4 is 5.69 Å². The Balaban J connectivity index is 2.52. The molecule has 0 aromatic heterocycles. The van der Waals surface area contributed by atoms with Crippen LogP contribution in [0.3, 0.4) is 0 Å². The third-order valence-corrected chi connectivity index (χ3v) is 2.26. The van der Waals surface area contributed by atoms with E-state index in [1.807, 2.05) is 0 Å². The second-order valence-corrected chi connectivity index (χ2v) is 3.36. The van der Waals surface area contributed by atoms with Gasteiger partial charge in [-0.1, -0.05) is 12.1 Å². The molecule has 2 aromatic rings. The molecule has 0 saturated carbocycles. The largest absolute Gasteiger partial charge is 0.394 e. The topological polar surface area (TPSA) is 26.0 Å². The van der Waals surface area contributed by atoms with Gasteiger partial charge in [-0.15, -0.1) is 0 Å². The molecule has 2 aromatic carbocycles. The molecule has 2 N–H and O–H groups in total. The highest BCUT2D eigenvalue weighted by molar-refractivity contribution is 5.66. The zero-order valence-electron chi connectivity index (χ0n) is 8.18. The van der Waals surface area contributed by atoms with Crippen molar-refractivity contribution in [3.05, 3.63) is 53.8 Å². The van der Waals surface area contributed by atoms with Gasteiger partial charge >= 0.3 is 0 Å². The van der Waals surface area contributed by atoms with Crippen molar-refractivity contribution in [2.45, 2.75) is 0 Å². The molecule has 0 heterocycles. The van der Waals surface area contributed by atoms with Gasteiger partial charge in [-0.2, -0.15) is 0 Å². The summed E-state index contributed by atoms with van der Waals surface area (Å²) in [6.45, 7) is 0. The maximum absolute atomic E-state index is 13.2. The van der Waals surface area contributed by atoms with Gasteiger partial charge in [0, 0.05) is 0 Å². The number of benzene rings is 2. The van der Waals surface area contributed by atoms with Crippen molar-refractivity contribution in [2.24, 2.45) is 0 Å². The van der Waals surface area contributed by atoms with Crippen LogP contribution in [0.2, 0.25) is 0 Å². The number of anilines is 1. The molecule has 0 aliphatic carbocycles. The first kappa shape index (κ1) is 10.5. The molecule has 0 bridgehead atoms. The molecule has 0 amide bonds. The second kappa shape index (κ2) is 3.89. The van der Waals surface area contributed by atoms with E-state index in [0.717, 1.165) is 12.1 Å². The summed E-state index contributed by atoms with van der Waals surface area (Å²) >= 11 is 0. The zero-order chi connectivity index (χ0) is 11.7. The lowest BCUT2D eigenvalue weighted by atomic mass is 10.0. The Morgan fingerprint density at radius 2 is 1.25 bits per heavy atom. The van der Waals surface area contributed by atoms with Crippen molar-refractivity contribution in [3.63, 3.8) is 0 Å². The first-order chi connectivity index (χ1) is 7.58. The molecule has 0 aliphatic rings. The van der Waals surface area contributed by atoms with Crippen LogP contribution >= 0.6 is 0 Å². The van der Waals surface area contributed by atoms with E-state index < -0.39 is 23.1 Å². The maximum Gasteiger partial charge on any atom is 0.149 e. The molecule has 0 fully saturated rings. The molecule has 82 valence electrons. The van der Waals surface area contributed by atoms with Crippen LogP contribution in [0.1, 0.15) is 0 Å². The van der Waals surface area contributed by atoms with E-state index >= 15 is 0 Å². The van der Waals surface area contributed by atoms with Gasteiger partial charge in [0.1, 0.15) is 23.1 Å². The summed E-state index contributed by atoms with van der Waals surface area (Å²) in [5.74, 6) is -2.04. The van der Waals surface area contributed by atoms with Crippen LogP contribution in [-0.4, -0.2) is 0 Å². The standard InChI is InChI=1S/C12H8F3N/c13-9-3-1-7(2-4-9)8-5-10(14)12(16)11(15)6-8/h1-6H,16H2. The first-order valence-corrected chi connectivity index (χ1v) is 4.58. The fourth-order valence-electron chi connectivity index (χ4n) is 1.39. The summed E-state index contributed by atoms with van der Waals surface area (Å²) in [7, 11) is 0. The molecule has 0 atom stereocenters. The van der Waals surface area contributed by atoms with Gasteiger partial charge in [-0.25, -0.2) is 13.2 Å². The monoisotopic (exact) mass is 223 g/mol. The Morgan fingerprint density at radius 3 is 1.75 bits per heavy atom. The van der Waals surface area contributed by atoms with Gasteiger partial charge in [0.05, 0.1) is 0 Å². The Kier molecular flexibility index (Phi) is 2.56. The van der Waals surface area contributed by atoms with E-state index in [9.17, 15) is 13.2 Å². The molecule has 4 heteroatoms. The summed E-state index contributed by atoms with van der Waals surface area (Å²) < 4.78 is 39.0. The molecule has 2 rings (SSSR count). The minimum atomic E-state index is -0.820. The smallest absolute Gasteiger partial charge is 0.149 e. The van der Waals surface area contributed by atoms with E-state index in [2.05, 4.69) is 0 Å². The van der Waals surface area contributed by atoms with Crippen LogP contribution in [0.4, 0.5) is 18.9 Å². The van der Waals surface area contributed by atoms with E-state index in [4.69, 9.17) is 5.73 Å². The number of hydrogen-bond donors (Lipinski definition) is 1. The van der Waals surface area contributed by atoms with Crippen molar-refractivity contribution in [2.75, 3.05) is 5.73 Å². The Morgan fingerprint density at radius 1 is 0.750 bits per heavy atom. The molecule has 0 unspecified atom stereocenters. The van der Waals surface area contributed by atoms with Crippen LogP contribution in [0.15, 0.2) is 36.4 Å². The summed E-state index contributed by atoms with van der Waals surface area (Å²) in [6, 6.07) is 7.57. The molecule has 1 nitrogen and oxygen atoms in total. The summed E-state index contributed by atoms with van der Waals surface area (Å²) in [5, 5.41) is 0. The maximum atomic E-state index is 13.2. The molecule has 0 saturated heterocycles. The van der Waals surface area contributed by atoms with Gasteiger partial charge in [0.15, 0.2) is 0 Å². The highest BCUT2D eigenvalue weighted by Crippen LogP contribution is 2.25. The normalized spacial score (nSPS) is 10.4. The predicted octanol–water partition coefficient (Wildman–Crippen LogP) is 3.35. The van der Waals surface area contributed by atoms with Crippen LogP contribution in [0.5, 0.6) is 0 Å². The third-order valence-electron chi connectivity index (χ3n) is 2.26. The summed E-state index contributed by atoms with van der Waals surface area (Å²) in [5.41, 5.74) is 5.48. The minimum absolute atomic E-state index is 0.323. The summed E-state index contributed by atoms with van der Waals surface area (Å²) in [6.07, 6.45) is 0. The molecule has 0 spiro atoms. The lowest BCUT2D eigenvalue weighted by Gasteiger charge is -2.04. The highest BCUT2D eigenvalue weighted by atomic mass is 19.1. The number of hydrogen-bond acceptors (Lipinski definition) is 1. The van der Waals surface area contributed by atoms with E-state index in [1.54, 1.807) is 0 Å². The second-order valence-electron chi connectivity index (χ2n) is 3.36. The van der Waals surface area contributed by atoms with Crippen molar-refractivity contribution < 1.29 is 13.2 Å². The lowest BCUT2D eigenvalue weighted by Crippen LogP contribution is -1.96. The van der Waals surface area contributed by atoms with Gasteiger partial charge in [-0.3, -0.25) is 0 Å². The Bertz CT molecular complexity index is 497. The average molecular weight is 223 g/mol. The van der Waals surface area contributed by atoms with Gasteiger partial charge in [0.25, 0.3) is 0 Å². The fraction of sp³-hybridized carbons (Fsp3) is 0. The average Bonchev–Trinajstić information content (AvgIpc) is 2.26. The molecular formula is C12H8F3N. The summed E-state index contributed by atoms with van der Waals surface area (Å²) in [4.78, 5) is 0. The SMILES string of the molecule is Nc1c(F)cc(-c2ccc(F)cc2)cc1F. The fourth-order valence-corrected chi connectivity index (χ4v) is 1.39. The zero-order valence-corrected chi connectivity index (χ0v) is 8.18. The lowest BCUT2D eigenvalue weighted by molar-refractivity contribution is 0.592. The van der Waals surface area contributed by atoms with Gasteiger partial charge in [-0.05, 0) is 35.4 Å². The number of rotatable bonds is 1. The van der Waals surface area contributed by atoms with E-state index in [0.29, 0.717) is 11.1 Å². The van der Waals surface area contributed by atoms with Crippen molar-refractivity contribution in [1.82, 2.24) is 0 Å². The highest BCUT2D eigenvalue weighted by Gasteiger charge is 2.08. The van der Waals surface area contributed by atoms with Crippen molar-refractivity contribution in [3.8, 4) is 11.1 Å². The molecule has 0 aliphatic heterocycles. The third kappa shape index (κ3) is 1.86. The van der Waals surface area contributed by atoms with Crippen LogP contribution in [-0.2, 0) is 0 Å². The van der Waals surface area contributed by atoms with Gasteiger partial charge in [0.2, 0.25) is 0 Å². The minimum Gasteiger partial charge on any atom is -0.394 e. The number of halogens is 3. The van der Waals surface area contributed by atoms with Crippen molar-refractivity contribution in [1.29, 1.82) is 0 Å². The van der Waals surface area contributed by atoms with Crippen LogP contribution < -0.4 is 5.73 Å². The van der Waals surface area contributed by atoms with Crippen LogP contribution in [0.25, 0.3) is 11.1 Å². The predicted molar refractivity (Wildman–Crippen MR) is 56.2 cm³/mol. The van der Waals surface area contributed by atoms with Crippen LogP contribution in [0, 0.1) is 17.5 Å². The molecule has 16 heavy (non-hydrogen) atoms. The quantitative estimate of drug-likeness (QED) is 0.737. The first-order valence-electron chi connectivity index (χ1n) is 4.58. The number of nitrogen functional groups attached to an aromatic ring is 1. The van der Waals surface area contributed by atoms with Gasteiger partial charge < -0.3 is 5.73 Å². The molecule has 0 radical (unpaired) electrons. The van der Waals surface area contributed by atoms with E-state index in [1.165, 1.54) is 24.3 Å². The number of nitrogens with two attached hydrogens (primary N) is 1. The van der Waals surface area contributed by atoms with E-state index in [-0.39, 0.29) is 0 Å². The Labute approximate surface area is 90.3 Å². The Hall–Kier alpha value is -1.97.